The summed E-state index contributed by atoms with van der Waals surface area (Å²) in [6.07, 6.45) is 0. The van der Waals surface area contributed by atoms with Crippen molar-refractivity contribution in [3.63, 3.8) is 0 Å². The van der Waals surface area contributed by atoms with Crippen molar-refractivity contribution in [3.8, 4) is 0 Å². The van der Waals surface area contributed by atoms with Crippen molar-refractivity contribution in [2.75, 3.05) is 14.2 Å². The van der Waals surface area contributed by atoms with Gasteiger partial charge in [-0.15, -0.1) is 0 Å². The highest BCUT2D eigenvalue weighted by atomic mass is 31.2. The Labute approximate surface area is 49.5 Å². The second-order valence-electron chi connectivity index (χ2n) is 1.11. The van der Waals surface area contributed by atoms with Crippen LogP contribution in [0, 0.1) is 0 Å². The SMILES string of the molecule is C=C[P+](O)(OC)OC. The van der Waals surface area contributed by atoms with Gasteiger partial charge >= 0.3 is 7.94 Å². The monoisotopic (exact) mass is 137 g/mol. The van der Waals surface area contributed by atoms with Crippen molar-refractivity contribution < 1.29 is 13.9 Å². The third-order valence-electron chi connectivity index (χ3n) is 0.754. The summed E-state index contributed by atoms with van der Waals surface area (Å²) in [4.78, 5) is 8.99. The Bertz CT molecular complexity index is 79.4. The van der Waals surface area contributed by atoms with Crippen LogP contribution < -0.4 is 0 Å². The fraction of sp³-hybridized carbons (Fsp3) is 0.500. The van der Waals surface area contributed by atoms with Crippen LogP contribution in [0.4, 0.5) is 0 Å². The molecule has 0 aliphatic carbocycles. The van der Waals surface area contributed by atoms with Gasteiger partial charge in [-0.2, -0.15) is 13.9 Å². The van der Waals surface area contributed by atoms with Gasteiger partial charge in [-0.25, -0.2) is 0 Å². The molecule has 0 saturated heterocycles. The summed E-state index contributed by atoms with van der Waals surface area (Å²) in [7, 11) is 0.0998. The first-order valence-corrected chi connectivity index (χ1v) is 3.69. The van der Waals surface area contributed by atoms with Crippen LogP contribution >= 0.6 is 7.94 Å². The highest BCUT2D eigenvalue weighted by Gasteiger charge is 2.32. The van der Waals surface area contributed by atoms with Crippen molar-refractivity contribution in [1.82, 2.24) is 0 Å². The van der Waals surface area contributed by atoms with E-state index in [1.54, 1.807) is 0 Å². The lowest BCUT2D eigenvalue weighted by atomic mass is 11.3. The molecule has 0 saturated carbocycles. The summed E-state index contributed by atoms with van der Waals surface area (Å²) in [6.45, 7) is 3.32. The Morgan fingerprint density at radius 1 is 1.50 bits per heavy atom. The Kier molecular flexibility index (Phi) is 3.17. The van der Waals surface area contributed by atoms with Gasteiger partial charge in [0, 0.05) is 0 Å². The zero-order valence-electron chi connectivity index (χ0n) is 5.00. The molecule has 0 atom stereocenters. The summed E-state index contributed by atoms with van der Waals surface area (Å²) < 4.78 is 9.12. The highest BCUT2D eigenvalue weighted by molar-refractivity contribution is 7.63. The Morgan fingerprint density at radius 3 is 1.88 bits per heavy atom. The molecule has 3 nitrogen and oxygen atoms in total. The van der Waals surface area contributed by atoms with Crippen LogP contribution in [-0.2, 0) is 9.05 Å². The predicted molar refractivity (Wildman–Crippen MR) is 33.4 cm³/mol. The molecule has 0 amide bonds. The van der Waals surface area contributed by atoms with Gasteiger partial charge in [-0.1, -0.05) is 6.58 Å². The molecule has 48 valence electrons. The number of rotatable bonds is 3. The van der Waals surface area contributed by atoms with Gasteiger partial charge in [0.25, 0.3) is 0 Å². The van der Waals surface area contributed by atoms with E-state index < -0.39 is 7.94 Å². The second kappa shape index (κ2) is 3.15. The van der Waals surface area contributed by atoms with Gasteiger partial charge in [0.2, 0.25) is 0 Å². The standard InChI is InChI=1S/C4H10O3P/c1-4-8(5,6-2)7-3/h4-5H,1H2,2-3H3/q+1. The third-order valence-corrected chi connectivity index (χ3v) is 2.26. The van der Waals surface area contributed by atoms with Gasteiger partial charge in [-0.05, 0) is 0 Å². The summed E-state index contributed by atoms with van der Waals surface area (Å²) in [5.41, 5.74) is 0. The van der Waals surface area contributed by atoms with E-state index in [4.69, 9.17) is 4.89 Å². The van der Waals surface area contributed by atoms with E-state index in [0.29, 0.717) is 0 Å². The van der Waals surface area contributed by atoms with Crippen molar-refractivity contribution in [3.05, 3.63) is 12.4 Å². The summed E-state index contributed by atoms with van der Waals surface area (Å²) in [5, 5.41) is 0. The number of hydrogen-bond donors (Lipinski definition) is 1. The lowest BCUT2D eigenvalue weighted by molar-refractivity contribution is 0.252. The van der Waals surface area contributed by atoms with Gasteiger partial charge in [0.05, 0.1) is 14.2 Å². The fourth-order valence-corrected chi connectivity index (χ4v) is 0.671. The van der Waals surface area contributed by atoms with E-state index >= 15 is 0 Å². The van der Waals surface area contributed by atoms with Crippen LogP contribution in [0.3, 0.4) is 0 Å². The predicted octanol–water partition coefficient (Wildman–Crippen LogP) is 1.18. The van der Waals surface area contributed by atoms with Crippen molar-refractivity contribution in [2.45, 2.75) is 0 Å². The van der Waals surface area contributed by atoms with Gasteiger partial charge in [0.1, 0.15) is 5.82 Å². The van der Waals surface area contributed by atoms with Gasteiger partial charge < -0.3 is 0 Å². The quantitative estimate of drug-likeness (QED) is 0.593. The molecule has 0 bridgehead atoms. The molecule has 0 spiro atoms. The van der Waals surface area contributed by atoms with Crippen molar-refractivity contribution in [2.24, 2.45) is 0 Å². The molecule has 8 heavy (non-hydrogen) atoms. The fourth-order valence-electron chi connectivity index (χ4n) is 0.224. The molecular formula is C4H10O3P+. The molecule has 0 unspecified atom stereocenters. The molecule has 0 heterocycles. The van der Waals surface area contributed by atoms with Crippen LogP contribution in [-0.4, -0.2) is 19.1 Å². The minimum atomic E-state index is -2.65. The highest BCUT2D eigenvalue weighted by Crippen LogP contribution is 2.56. The van der Waals surface area contributed by atoms with E-state index in [0.717, 1.165) is 0 Å². The molecular weight excluding hydrogens is 127 g/mol. The molecule has 0 aromatic rings. The van der Waals surface area contributed by atoms with E-state index in [-0.39, 0.29) is 0 Å². The van der Waals surface area contributed by atoms with Gasteiger partial charge in [0.15, 0.2) is 0 Å². The lowest BCUT2D eigenvalue weighted by Gasteiger charge is -2.05. The van der Waals surface area contributed by atoms with Crippen LogP contribution in [0.25, 0.3) is 0 Å². The summed E-state index contributed by atoms with van der Waals surface area (Å²) in [5.74, 6) is 1.27. The van der Waals surface area contributed by atoms with Gasteiger partial charge in [-0.3, -0.25) is 0 Å². The second-order valence-corrected chi connectivity index (χ2v) is 3.34. The largest absolute Gasteiger partial charge is 0.437 e. The Hall–Kier alpha value is 0.0500. The van der Waals surface area contributed by atoms with E-state index in [2.05, 4.69) is 15.6 Å². The van der Waals surface area contributed by atoms with Crippen molar-refractivity contribution >= 4 is 7.94 Å². The maximum Gasteiger partial charge on any atom is 0.437 e. The summed E-state index contributed by atoms with van der Waals surface area (Å²) >= 11 is 0. The smallest absolute Gasteiger partial charge is 0.189 e. The molecule has 0 aliphatic rings. The molecule has 0 radical (unpaired) electrons. The maximum atomic E-state index is 8.99. The Balaban J connectivity index is 3.76. The molecule has 0 aromatic heterocycles. The van der Waals surface area contributed by atoms with Crippen molar-refractivity contribution in [1.29, 1.82) is 0 Å². The first kappa shape index (κ1) is 8.05. The first-order chi connectivity index (χ1) is 3.68. The lowest BCUT2D eigenvalue weighted by Crippen LogP contribution is -1.91. The van der Waals surface area contributed by atoms with Crippen LogP contribution in [0.15, 0.2) is 12.4 Å². The third kappa shape index (κ3) is 1.88. The topological polar surface area (TPSA) is 38.7 Å². The maximum absolute atomic E-state index is 8.99. The number of hydrogen-bond acceptors (Lipinski definition) is 3. The van der Waals surface area contributed by atoms with Crippen LogP contribution in [0.2, 0.25) is 0 Å². The van der Waals surface area contributed by atoms with E-state index in [1.807, 2.05) is 0 Å². The molecule has 0 aliphatic heterocycles. The van der Waals surface area contributed by atoms with Crippen LogP contribution in [0.5, 0.6) is 0 Å². The average molecular weight is 137 g/mol. The zero-order chi connectivity index (χ0) is 6.62. The molecule has 0 aromatic carbocycles. The molecule has 4 heteroatoms. The minimum absolute atomic E-state index is 1.27. The molecule has 0 fully saturated rings. The normalized spacial score (nSPS) is 11.4. The molecule has 0 rings (SSSR count). The summed E-state index contributed by atoms with van der Waals surface area (Å²) in [6, 6.07) is 0. The minimum Gasteiger partial charge on any atom is -0.189 e. The van der Waals surface area contributed by atoms with E-state index in [9.17, 15) is 0 Å². The van der Waals surface area contributed by atoms with E-state index in [1.165, 1.54) is 20.0 Å². The van der Waals surface area contributed by atoms with Crippen LogP contribution in [0.1, 0.15) is 0 Å². The average Bonchev–Trinajstić information content (AvgIpc) is 1.87. The molecule has 1 N–H and O–H groups in total. The Morgan fingerprint density at radius 2 is 1.88 bits per heavy atom. The first-order valence-electron chi connectivity index (χ1n) is 2.05. The zero-order valence-corrected chi connectivity index (χ0v) is 5.89.